The van der Waals surface area contributed by atoms with Crippen LogP contribution in [0.15, 0.2) is 28.1 Å². The van der Waals surface area contributed by atoms with Crippen molar-refractivity contribution in [3.8, 4) is 0 Å². The van der Waals surface area contributed by atoms with E-state index in [1.165, 1.54) is 22.5 Å². The molecule has 0 fully saturated rings. The fourth-order valence-corrected chi connectivity index (χ4v) is 3.43. The van der Waals surface area contributed by atoms with Crippen LogP contribution in [0.2, 0.25) is 0 Å². The number of carbonyl (C=O) groups is 1. The predicted octanol–water partition coefficient (Wildman–Crippen LogP) is 4.44. The van der Waals surface area contributed by atoms with Gasteiger partial charge >= 0.3 is 5.97 Å². The molecule has 0 saturated carbocycles. The van der Waals surface area contributed by atoms with Crippen molar-refractivity contribution in [2.45, 2.75) is 20.4 Å². The monoisotopic (exact) mass is 339 g/mol. The van der Waals surface area contributed by atoms with Gasteiger partial charge in [0.25, 0.3) is 0 Å². The molecule has 1 heterocycles. The summed E-state index contributed by atoms with van der Waals surface area (Å²) in [5, 5.41) is 13.9. The van der Waals surface area contributed by atoms with Crippen LogP contribution in [0.25, 0.3) is 0 Å². The first-order valence-electron chi connectivity index (χ1n) is 5.78. The molecule has 0 amide bonds. The maximum absolute atomic E-state index is 10.8. The summed E-state index contributed by atoms with van der Waals surface area (Å²) >= 11 is 4.93. The molecule has 0 radical (unpaired) electrons. The third kappa shape index (κ3) is 3.36. The standard InChI is InChI=1S/C14H14BrNO2S/c1-8-3-11(15)4-9(2)13(8)16-6-12-5-10(7-19-12)14(17)18/h3-5,7,16H,6H2,1-2H3,(H,17,18). The van der Waals surface area contributed by atoms with Gasteiger partial charge in [-0.2, -0.15) is 0 Å². The molecule has 5 heteroatoms. The minimum absolute atomic E-state index is 0.353. The number of halogens is 1. The summed E-state index contributed by atoms with van der Waals surface area (Å²) in [6.07, 6.45) is 0. The van der Waals surface area contributed by atoms with Gasteiger partial charge in [0.05, 0.1) is 5.56 Å². The lowest BCUT2D eigenvalue weighted by Crippen LogP contribution is -2.02. The highest BCUT2D eigenvalue weighted by Crippen LogP contribution is 2.26. The van der Waals surface area contributed by atoms with Crippen molar-refractivity contribution in [3.63, 3.8) is 0 Å². The van der Waals surface area contributed by atoms with E-state index in [9.17, 15) is 4.79 Å². The Morgan fingerprint density at radius 1 is 1.32 bits per heavy atom. The van der Waals surface area contributed by atoms with Crippen molar-refractivity contribution in [3.05, 3.63) is 49.6 Å². The van der Waals surface area contributed by atoms with Gasteiger partial charge in [0, 0.05) is 27.0 Å². The highest BCUT2D eigenvalue weighted by molar-refractivity contribution is 9.10. The van der Waals surface area contributed by atoms with E-state index in [4.69, 9.17) is 5.11 Å². The average Bonchev–Trinajstić information content (AvgIpc) is 2.76. The smallest absolute Gasteiger partial charge is 0.336 e. The molecule has 1 aromatic carbocycles. The second kappa shape index (κ2) is 5.75. The number of hydrogen-bond acceptors (Lipinski definition) is 3. The Bertz CT molecular complexity index is 599. The molecule has 100 valence electrons. The van der Waals surface area contributed by atoms with Crippen LogP contribution in [0.4, 0.5) is 5.69 Å². The lowest BCUT2D eigenvalue weighted by atomic mass is 10.1. The molecular formula is C14H14BrNO2S. The van der Waals surface area contributed by atoms with Crippen LogP contribution in [0.1, 0.15) is 26.4 Å². The molecule has 0 unspecified atom stereocenters. The van der Waals surface area contributed by atoms with Crippen molar-refractivity contribution < 1.29 is 9.90 Å². The largest absolute Gasteiger partial charge is 0.478 e. The molecule has 0 aliphatic carbocycles. The third-order valence-corrected chi connectivity index (χ3v) is 4.23. The summed E-state index contributed by atoms with van der Waals surface area (Å²) in [4.78, 5) is 11.8. The average molecular weight is 340 g/mol. The zero-order valence-electron chi connectivity index (χ0n) is 10.7. The number of thiophene rings is 1. The quantitative estimate of drug-likeness (QED) is 0.865. The highest BCUT2D eigenvalue weighted by atomic mass is 79.9. The van der Waals surface area contributed by atoms with Crippen molar-refractivity contribution >= 4 is 38.9 Å². The minimum Gasteiger partial charge on any atom is -0.478 e. The van der Waals surface area contributed by atoms with Gasteiger partial charge in [0.15, 0.2) is 0 Å². The van der Waals surface area contributed by atoms with Crippen LogP contribution >= 0.6 is 27.3 Å². The summed E-state index contributed by atoms with van der Waals surface area (Å²) in [5.74, 6) is -0.876. The number of aryl methyl sites for hydroxylation is 2. The van der Waals surface area contributed by atoms with Gasteiger partial charge in [-0.1, -0.05) is 15.9 Å². The molecule has 2 rings (SSSR count). The van der Waals surface area contributed by atoms with E-state index >= 15 is 0 Å². The van der Waals surface area contributed by atoms with Gasteiger partial charge in [-0.05, 0) is 43.2 Å². The van der Waals surface area contributed by atoms with E-state index < -0.39 is 5.97 Å². The summed E-state index contributed by atoms with van der Waals surface area (Å²) in [7, 11) is 0. The Kier molecular flexibility index (Phi) is 4.27. The van der Waals surface area contributed by atoms with Gasteiger partial charge in [-0.15, -0.1) is 11.3 Å². The Morgan fingerprint density at radius 3 is 2.47 bits per heavy atom. The van der Waals surface area contributed by atoms with Crippen molar-refractivity contribution in [1.82, 2.24) is 0 Å². The van der Waals surface area contributed by atoms with Gasteiger partial charge in [0.1, 0.15) is 0 Å². The number of carboxylic acid groups (broad SMARTS) is 1. The van der Waals surface area contributed by atoms with Gasteiger partial charge in [-0.3, -0.25) is 0 Å². The molecular weight excluding hydrogens is 326 g/mol. The van der Waals surface area contributed by atoms with Crippen molar-refractivity contribution in [2.75, 3.05) is 5.32 Å². The van der Waals surface area contributed by atoms with Crippen LogP contribution in [-0.2, 0) is 6.54 Å². The summed E-state index contributed by atoms with van der Waals surface area (Å²) in [6.45, 7) is 4.75. The van der Waals surface area contributed by atoms with E-state index in [0.29, 0.717) is 12.1 Å². The van der Waals surface area contributed by atoms with Crippen LogP contribution < -0.4 is 5.32 Å². The predicted molar refractivity (Wildman–Crippen MR) is 82.2 cm³/mol. The van der Waals surface area contributed by atoms with E-state index in [2.05, 4.69) is 47.2 Å². The number of hydrogen-bond donors (Lipinski definition) is 2. The van der Waals surface area contributed by atoms with Crippen LogP contribution in [-0.4, -0.2) is 11.1 Å². The topological polar surface area (TPSA) is 49.3 Å². The third-order valence-electron chi connectivity index (χ3n) is 2.84. The summed E-state index contributed by atoms with van der Waals surface area (Å²) in [5.41, 5.74) is 3.79. The van der Waals surface area contributed by atoms with Crippen LogP contribution in [0, 0.1) is 13.8 Å². The zero-order valence-corrected chi connectivity index (χ0v) is 13.1. The number of rotatable bonds is 4. The molecule has 19 heavy (non-hydrogen) atoms. The molecule has 0 saturated heterocycles. The SMILES string of the molecule is Cc1cc(Br)cc(C)c1NCc1cc(C(=O)O)cs1. The number of aromatic carboxylic acids is 1. The second-order valence-corrected chi connectivity index (χ2v) is 6.29. The number of benzene rings is 1. The number of carboxylic acids is 1. The first-order valence-corrected chi connectivity index (χ1v) is 7.46. The maximum Gasteiger partial charge on any atom is 0.336 e. The highest BCUT2D eigenvalue weighted by Gasteiger charge is 2.08. The van der Waals surface area contributed by atoms with Gasteiger partial charge < -0.3 is 10.4 Å². The number of nitrogens with one attached hydrogen (secondary N) is 1. The molecule has 0 aliphatic heterocycles. The fraction of sp³-hybridized carbons (Fsp3) is 0.214. The molecule has 2 N–H and O–H groups in total. The van der Waals surface area contributed by atoms with E-state index in [1.807, 2.05) is 0 Å². The lowest BCUT2D eigenvalue weighted by Gasteiger charge is -2.12. The van der Waals surface area contributed by atoms with E-state index in [1.54, 1.807) is 11.4 Å². The Labute approximate surface area is 124 Å². The molecule has 0 aliphatic rings. The molecule has 1 aromatic heterocycles. The molecule has 0 bridgehead atoms. The van der Waals surface area contributed by atoms with Crippen LogP contribution in [0.5, 0.6) is 0 Å². The summed E-state index contributed by atoms with van der Waals surface area (Å²) < 4.78 is 1.07. The zero-order chi connectivity index (χ0) is 14.0. The van der Waals surface area contributed by atoms with E-state index in [-0.39, 0.29) is 0 Å². The Balaban J connectivity index is 2.12. The molecule has 0 spiro atoms. The summed E-state index contributed by atoms with van der Waals surface area (Å²) in [6, 6.07) is 5.84. The molecule has 2 aromatic rings. The second-order valence-electron chi connectivity index (χ2n) is 4.37. The Hall–Kier alpha value is -1.33. The normalized spacial score (nSPS) is 10.5. The fourth-order valence-electron chi connectivity index (χ4n) is 1.95. The van der Waals surface area contributed by atoms with Gasteiger partial charge in [0.2, 0.25) is 0 Å². The van der Waals surface area contributed by atoms with Crippen molar-refractivity contribution in [2.24, 2.45) is 0 Å². The van der Waals surface area contributed by atoms with Crippen molar-refractivity contribution in [1.29, 1.82) is 0 Å². The first kappa shape index (κ1) is 14.1. The van der Waals surface area contributed by atoms with Gasteiger partial charge in [-0.25, -0.2) is 4.79 Å². The molecule has 0 atom stereocenters. The minimum atomic E-state index is -0.876. The van der Waals surface area contributed by atoms with E-state index in [0.717, 1.165) is 15.0 Å². The van der Waals surface area contributed by atoms with Crippen LogP contribution in [0.3, 0.4) is 0 Å². The lowest BCUT2D eigenvalue weighted by molar-refractivity contribution is 0.0697. The number of anilines is 1. The first-order chi connectivity index (χ1) is 8.97. The Morgan fingerprint density at radius 2 is 1.95 bits per heavy atom. The maximum atomic E-state index is 10.8. The molecule has 3 nitrogen and oxygen atoms in total.